The molecule has 0 aromatic carbocycles. The summed E-state index contributed by atoms with van der Waals surface area (Å²) in [7, 11) is 0. The van der Waals surface area contributed by atoms with E-state index in [1.54, 1.807) is 20.0 Å². The molecule has 1 aliphatic rings. The molecular formula is C23H32N6O2. The maximum atomic E-state index is 9.70. The van der Waals surface area contributed by atoms with Crippen molar-refractivity contribution in [3.05, 3.63) is 47.8 Å². The van der Waals surface area contributed by atoms with Crippen LogP contribution in [0, 0.1) is 11.3 Å². The average molecular weight is 425 g/mol. The van der Waals surface area contributed by atoms with Gasteiger partial charge in [0.2, 0.25) is 0 Å². The number of rotatable bonds is 5. The van der Waals surface area contributed by atoms with Gasteiger partial charge in [0.1, 0.15) is 11.6 Å². The highest BCUT2D eigenvalue weighted by molar-refractivity contribution is 5.64. The fourth-order valence-corrected chi connectivity index (χ4v) is 3.13. The summed E-state index contributed by atoms with van der Waals surface area (Å²) < 4.78 is 2.03. The number of nitrogens with zero attached hydrogens (tertiary/aromatic N) is 4. The largest absolute Gasteiger partial charge is 0.465 e. The van der Waals surface area contributed by atoms with Crippen molar-refractivity contribution in [1.29, 1.82) is 5.26 Å². The number of nitriles is 1. The molecule has 0 aliphatic heterocycles. The van der Waals surface area contributed by atoms with Gasteiger partial charge in [0, 0.05) is 24.2 Å². The van der Waals surface area contributed by atoms with Gasteiger partial charge in [-0.05, 0) is 59.1 Å². The van der Waals surface area contributed by atoms with Crippen molar-refractivity contribution in [2.75, 3.05) is 5.32 Å². The lowest BCUT2D eigenvalue weighted by molar-refractivity contribution is 0.191. The van der Waals surface area contributed by atoms with E-state index in [-0.39, 0.29) is 11.6 Å². The van der Waals surface area contributed by atoms with E-state index in [1.807, 2.05) is 16.8 Å². The summed E-state index contributed by atoms with van der Waals surface area (Å²) in [5, 5.41) is 27.2. The third-order valence-electron chi connectivity index (χ3n) is 4.53. The van der Waals surface area contributed by atoms with Crippen LogP contribution >= 0.6 is 0 Å². The fourth-order valence-electron chi connectivity index (χ4n) is 3.13. The maximum absolute atomic E-state index is 9.70. The first kappa shape index (κ1) is 23.9. The minimum absolute atomic E-state index is 0.0255. The summed E-state index contributed by atoms with van der Waals surface area (Å²) in [4.78, 5) is 14.1. The average Bonchev–Trinajstić information content (AvgIpc) is 3.32. The highest BCUT2D eigenvalue weighted by Gasteiger charge is 2.23. The Bertz CT molecular complexity index is 932. The molecule has 166 valence electrons. The van der Waals surface area contributed by atoms with Gasteiger partial charge >= 0.3 is 6.09 Å². The van der Waals surface area contributed by atoms with Crippen molar-refractivity contribution in [1.82, 2.24) is 20.1 Å². The lowest BCUT2D eigenvalue weighted by Gasteiger charge is -2.22. The van der Waals surface area contributed by atoms with Gasteiger partial charge in [-0.1, -0.05) is 18.2 Å². The Hall–Kier alpha value is -3.34. The summed E-state index contributed by atoms with van der Waals surface area (Å²) in [6.07, 6.45) is 7.88. The molecule has 3 N–H and O–H groups in total. The monoisotopic (exact) mass is 424 g/mol. The Labute approximate surface area is 184 Å². The Morgan fingerprint density at radius 2 is 2.13 bits per heavy atom. The lowest BCUT2D eigenvalue weighted by Crippen LogP contribution is -2.27. The van der Waals surface area contributed by atoms with E-state index < -0.39 is 6.09 Å². The molecule has 8 nitrogen and oxygen atoms in total. The van der Waals surface area contributed by atoms with Gasteiger partial charge in [0.05, 0.1) is 23.7 Å². The first-order valence-corrected chi connectivity index (χ1v) is 10.5. The van der Waals surface area contributed by atoms with Crippen molar-refractivity contribution >= 4 is 17.7 Å². The predicted molar refractivity (Wildman–Crippen MR) is 121 cm³/mol. The van der Waals surface area contributed by atoms with E-state index in [0.29, 0.717) is 12.3 Å². The Kier molecular flexibility index (Phi) is 8.20. The number of pyridine rings is 1. The van der Waals surface area contributed by atoms with Crippen LogP contribution in [0.5, 0.6) is 0 Å². The second-order valence-corrected chi connectivity index (χ2v) is 8.76. The number of hydrogen-bond acceptors (Lipinski definition) is 5. The van der Waals surface area contributed by atoms with Crippen LogP contribution < -0.4 is 10.6 Å². The van der Waals surface area contributed by atoms with Gasteiger partial charge < -0.3 is 15.7 Å². The quantitative estimate of drug-likeness (QED) is 0.586. The molecule has 0 spiro atoms. The number of anilines is 2. The molecule has 31 heavy (non-hydrogen) atoms. The van der Waals surface area contributed by atoms with Crippen molar-refractivity contribution in [3.8, 4) is 6.07 Å². The molecular weight excluding hydrogens is 392 g/mol. The summed E-state index contributed by atoms with van der Waals surface area (Å²) in [6.45, 7) is 9.97. The van der Waals surface area contributed by atoms with Crippen LogP contribution in [-0.4, -0.2) is 32.0 Å². The van der Waals surface area contributed by atoms with Crippen molar-refractivity contribution in [2.24, 2.45) is 0 Å². The van der Waals surface area contributed by atoms with E-state index in [0.717, 1.165) is 35.7 Å². The number of amides is 1. The van der Waals surface area contributed by atoms with Gasteiger partial charge in [-0.3, -0.25) is 0 Å². The molecule has 0 saturated heterocycles. The van der Waals surface area contributed by atoms with Crippen LogP contribution in [0.4, 0.5) is 16.4 Å². The fraction of sp³-hybridized carbons (Fsp3) is 0.478. The van der Waals surface area contributed by atoms with Crippen molar-refractivity contribution in [2.45, 2.75) is 71.4 Å². The van der Waals surface area contributed by atoms with Crippen LogP contribution in [-0.2, 0) is 12.0 Å². The molecule has 2 aromatic rings. The van der Waals surface area contributed by atoms with Crippen molar-refractivity contribution < 1.29 is 9.90 Å². The normalized spacial score (nSPS) is 15.2. The molecule has 8 heteroatoms. The zero-order valence-corrected chi connectivity index (χ0v) is 18.9. The summed E-state index contributed by atoms with van der Waals surface area (Å²) in [5.74, 6) is 2.11. The van der Waals surface area contributed by atoms with Gasteiger partial charge in [0.15, 0.2) is 0 Å². The van der Waals surface area contributed by atoms with Gasteiger partial charge in [0.25, 0.3) is 0 Å². The number of carbonyl (C=O) groups is 1. The van der Waals surface area contributed by atoms with E-state index in [1.165, 1.54) is 0 Å². The van der Waals surface area contributed by atoms with Crippen LogP contribution in [0.2, 0.25) is 0 Å². The maximum Gasteiger partial charge on any atom is 0.404 e. The first-order chi connectivity index (χ1) is 14.6. The lowest BCUT2D eigenvalue weighted by atomic mass is 10.1. The van der Waals surface area contributed by atoms with E-state index in [9.17, 15) is 4.79 Å². The number of carboxylic acid groups (broad SMARTS) is 1. The van der Waals surface area contributed by atoms with Gasteiger partial charge in [-0.25, -0.2) is 14.5 Å². The van der Waals surface area contributed by atoms with Crippen LogP contribution in [0.3, 0.4) is 0 Å². The third kappa shape index (κ3) is 7.45. The van der Waals surface area contributed by atoms with Crippen molar-refractivity contribution in [3.63, 3.8) is 0 Å². The molecule has 1 aliphatic carbocycles. The summed E-state index contributed by atoms with van der Waals surface area (Å²) in [5.41, 5.74) is 1.90. The SMILES string of the molecule is CC(C)(C)n1nc([C@@H]2C=CCC2)cc1Nc1ccc(CC#N)cn1.CC(C)NC(=O)O. The zero-order chi connectivity index (χ0) is 23.0. The molecule has 2 aromatic heterocycles. The zero-order valence-electron chi connectivity index (χ0n) is 18.9. The van der Waals surface area contributed by atoms with Gasteiger partial charge in [-0.15, -0.1) is 0 Å². The Balaban J connectivity index is 0.000000423. The molecule has 1 amide bonds. The smallest absolute Gasteiger partial charge is 0.404 e. The molecule has 0 bridgehead atoms. The Morgan fingerprint density at radius 3 is 2.58 bits per heavy atom. The third-order valence-corrected chi connectivity index (χ3v) is 4.53. The molecule has 0 unspecified atom stereocenters. The second-order valence-electron chi connectivity index (χ2n) is 8.76. The highest BCUT2D eigenvalue weighted by Crippen LogP contribution is 2.32. The number of hydrogen-bond donors (Lipinski definition) is 3. The van der Waals surface area contributed by atoms with E-state index >= 15 is 0 Å². The molecule has 0 radical (unpaired) electrons. The number of allylic oxidation sites excluding steroid dienone is 2. The second kappa shape index (κ2) is 10.6. The molecule has 2 heterocycles. The first-order valence-electron chi connectivity index (χ1n) is 10.5. The minimum atomic E-state index is -0.963. The van der Waals surface area contributed by atoms with Crippen LogP contribution in [0.25, 0.3) is 0 Å². The van der Waals surface area contributed by atoms with Crippen LogP contribution in [0.15, 0.2) is 36.5 Å². The summed E-state index contributed by atoms with van der Waals surface area (Å²) >= 11 is 0. The summed E-state index contributed by atoms with van der Waals surface area (Å²) in [6, 6.07) is 8.11. The minimum Gasteiger partial charge on any atom is -0.465 e. The standard InChI is InChI=1S/C19H23N5.C4H9NO2/c1-19(2,3)24-18(12-16(23-24)15-6-4-5-7-15)22-17-9-8-14(10-11-20)13-21-17;1-3(2)5-4(6)7/h4,6,8-9,12-13,15H,5,7,10H2,1-3H3,(H,21,22);3,5H,1-2H3,(H,6,7)/t15-;/m1./s1. The van der Waals surface area contributed by atoms with E-state index in [4.69, 9.17) is 15.5 Å². The molecule has 3 rings (SSSR count). The molecule has 1 atom stereocenters. The van der Waals surface area contributed by atoms with Gasteiger partial charge in [-0.2, -0.15) is 10.4 Å². The van der Waals surface area contributed by atoms with Crippen LogP contribution in [0.1, 0.15) is 64.6 Å². The number of aromatic nitrogens is 3. The van der Waals surface area contributed by atoms with E-state index in [2.05, 4.69) is 60.7 Å². The number of nitrogens with one attached hydrogen (secondary N) is 2. The predicted octanol–water partition coefficient (Wildman–Crippen LogP) is 4.94. The Morgan fingerprint density at radius 1 is 1.39 bits per heavy atom. The highest BCUT2D eigenvalue weighted by atomic mass is 16.4. The molecule has 0 fully saturated rings. The topological polar surface area (TPSA) is 116 Å². The molecule has 0 saturated carbocycles.